The lowest BCUT2D eigenvalue weighted by Gasteiger charge is -2.26. The van der Waals surface area contributed by atoms with Crippen molar-refractivity contribution in [2.45, 2.75) is 20.0 Å². The second-order valence-corrected chi connectivity index (χ2v) is 7.51. The Labute approximate surface area is 180 Å². The van der Waals surface area contributed by atoms with Gasteiger partial charge in [-0.2, -0.15) is 5.10 Å². The maximum absolute atomic E-state index is 13.0. The molecule has 0 aromatic carbocycles. The van der Waals surface area contributed by atoms with Crippen molar-refractivity contribution in [3.05, 3.63) is 76.1 Å². The number of morpholine rings is 1. The smallest absolute Gasteiger partial charge is 0.263 e. The van der Waals surface area contributed by atoms with E-state index in [0.29, 0.717) is 37.7 Å². The highest BCUT2D eigenvalue weighted by Crippen LogP contribution is 2.12. The maximum Gasteiger partial charge on any atom is 0.263 e. The molecule has 3 aromatic heterocycles. The van der Waals surface area contributed by atoms with Crippen LogP contribution in [0.3, 0.4) is 0 Å². The van der Waals surface area contributed by atoms with Crippen LogP contribution >= 0.6 is 0 Å². The number of amides is 1. The Morgan fingerprint density at radius 1 is 1.10 bits per heavy atom. The van der Waals surface area contributed by atoms with E-state index in [1.165, 1.54) is 0 Å². The van der Waals surface area contributed by atoms with Crippen molar-refractivity contribution >= 4 is 11.7 Å². The SMILES string of the molecule is Cc1ccn(CCN2CCOCC2)c(=O)c1C(=O)Nc1ccnn1Cc1ccncc1. The number of rotatable bonds is 7. The fourth-order valence-corrected chi connectivity index (χ4v) is 3.60. The molecule has 1 amide bonds. The first-order valence-electron chi connectivity index (χ1n) is 10.3. The molecular weight excluding hydrogens is 396 g/mol. The third-order valence-corrected chi connectivity index (χ3v) is 5.40. The van der Waals surface area contributed by atoms with Crippen LogP contribution < -0.4 is 10.9 Å². The van der Waals surface area contributed by atoms with E-state index in [1.807, 2.05) is 18.2 Å². The van der Waals surface area contributed by atoms with Crippen LogP contribution in [0, 0.1) is 6.92 Å². The van der Waals surface area contributed by atoms with Gasteiger partial charge in [0.2, 0.25) is 0 Å². The third-order valence-electron chi connectivity index (χ3n) is 5.40. The van der Waals surface area contributed by atoms with E-state index in [2.05, 4.69) is 20.3 Å². The van der Waals surface area contributed by atoms with Gasteiger partial charge in [-0.3, -0.25) is 19.5 Å². The molecule has 1 aliphatic heterocycles. The average molecular weight is 422 g/mol. The Hall–Kier alpha value is -3.30. The number of hydrogen-bond donors (Lipinski definition) is 1. The molecule has 0 saturated carbocycles. The van der Waals surface area contributed by atoms with Crippen LogP contribution in [0.2, 0.25) is 0 Å². The maximum atomic E-state index is 13.0. The van der Waals surface area contributed by atoms with Gasteiger partial charge in [0, 0.05) is 50.8 Å². The Bertz CT molecular complexity index is 1090. The Morgan fingerprint density at radius 3 is 2.65 bits per heavy atom. The third kappa shape index (κ3) is 5.07. The zero-order valence-electron chi connectivity index (χ0n) is 17.5. The predicted molar refractivity (Wildman–Crippen MR) is 116 cm³/mol. The number of hydrogen-bond acceptors (Lipinski definition) is 6. The molecule has 162 valence electrons. The first-order valence-corrected chi connectivity index (χ1v) is 10.3. The quantitative estimate of drug-likeness (QED) is 0.618. The van der Waals surface area contributed by atoms with Crippen LogP contribution in [0.5, 0.6) is 0 Å². The number of ether oxygens (including phenoxy) is 1. The molecule has 1 N–H and O–H groups in total. The molecular formula is C22H26N6O3. The average Bonchev–Trinajstić information content (AvgIpc) is 3.21. The fraction of sp³-hybridized carbons (Fsp3) is 0.364. The summed E-state index contributed by atoms with van der Waals surface area (Å²) >= 11 is 0. The molecule has 9 heteroatoms. The Kier molecular flexibility index (Phi) is 6.54. The van der Waals surface area contributed by atoms with E-state index in [1.54, 1.807) is 47.0 Å². The fourth-order valence-electron chi connectivity index (χ4n) is 3.60. The molecule has 0 aliphatic carbocycles. The van der Waals surface area contributed by atoms with Crippen LogP contribution in [0.25, 0.3) is 0 Å². The number of anilines is 1. The zero-order chi connectivity index (χ0) is 21.6. The number of aromatic nitrogens is 4. The summed E-state index contributed by atoms with van der Waals surface area (Å²) < 4.78 is 8.65. The number of nitrogens with zero attached hydrogens (tertiary/aromatic N) is 5. The van der Waals surface area contributed by atoms with Crippen molar-refractivity contribution in [2.75, 3.05) is 38.2 Å². The van der Waals surface area contributed by atoms with Crippen LogP contribution in [-0.2, 0) is 17.8 Å². The summed E-state index contributed by atoms with van der Waals surface area (Å²) in [6.45, 7) is 6.67. The van der Waals surface area contributed by atoms with Crippen molar-refractivity contribution in [3.8, 4) is 0 Å². The van der Waals surface area contributed by atoms with Gasteiger partial charge in [-0.25, -0.2) is 4.68 Å². The minimum Gasteiger partial charge on any atom is -0.379 e. The number of nitrogens with one attached hydrogen (secondary N) is 1. The molecule has 0 unspecified atom stereocenters. The standard InChI is InChI=1S/C22H26N6O3/c1-17-5-9-27(11-10-26-12-14-31-15-13-26)22(30)20(17)21(29)25-19-4-8-24-28(19)16-18-2-6-23-7-3-18/h2-9H,10-16H2,1H3,(H,25,29). The Morgan fingerprint density at radius 2 is 1.87 bits per heavy atom. The summed E-state index contributed by atoms with van der Waals surface area (Å²) in [4.78, 5) is 32.3. The molecule has 1 saturated heterocycles. The minimum absolute atomic E-state index is 0.154. The lowest BCUT2D eigenvalue weighted by Crippen LogP contribution is -2.40. The molecule has 0 spiro atoms. The molecule has 3 aromatic rings. The van der Waals surface area contributed by atoms with Crippen LogP contribution in [0.15, 0.2) is 53.8 Å². The van der Waals surface area contributed by atoms with Gasteiger partial charge in [-0.1, -0.05) is 0 Å². The largest absolute Gasteiger partial charge is 0.379 e. The Balaban J connectivity index is 1.48. The molecule has 4 rings (SSSR count). The van der Waals surface area contributed by atoms with Gasteiger partial charge in [0.1, 0.15) is 11.4 Å². The second kappa shape index (κ2) is 9.67. The van der Waals surface area contributed by atoms with Crippen molar-refractivity contribution in [3.63, 3.8) is 0 Å². The first kappa shape index (κ1) is 21.0. The summed E-state index contributed by atoms with van der Waals surface area (Å²) in [5.74, 6) is 0.101. The first-order chi connectivity index (χ1) is 15.1. The van der Waals surface area contributed by atoms with Gasteiger partial charge in [0.15, 0.2) is 0 Å². The molecule has 0 atom stereocenters. The number of pyridine rings is 2. The van der Waals surface area contributed by atoms with Crippen molar-refractivity contribution in [2.24, 2.45) is 0 Å². The minimum atomic E-state index is -0.431. The normalized spacial score (nSPS) is 14.5. The molecule has 9 nitrogen and oxygen atoms in total. The van der Waals surface area contributed by atoms with Crippen LogP contribution in [0.1, 0.15) is 21.5 Å². The summed E-state index contributed by atoms with van der Waals surface area (Å²) in [5.41, 5.74) is 1.52. The van der Waals surface area contributed by atoms with Crippen LogP contribution in [0.4, 0.5) is 5.82 Å². The topological polar surface area (TPSA) is 94.3 Å². The molecule has 0 bridgehead atoms. The highest BCUT2D eigenvalue weighted by molar-refractivity contribution is 6.04. The molecule has 4 heterocycles. The van der Waals surface area contributed by atoms with Crippen molar-refractivity contribution in [1.82, 2.24) is 24.2 Å². The van der Waals surface area contributed by atoms with E-state index in [4.69, 9.17) is 4.74 Å². The summed E-state index contributed by atoms with van der Waals surface area (Å²) in [6.07, 6.45) is 6.80. The molecule has 1 fully saturated rings. The second-order valence-electron chi connectivity index (χ2n) is 7.51. The monoisotopic (exact) mass is 422 g/mol. The summed E-state index contributed by atoms with van der Waals surface area (Å²) in [7, 11) is 0. The van der Waals surface area contributed by atoms with Crippen molar-refractivity contribution in [1.29, 1.82) is 0 Å². The van der Waals surface area contributed by atoms with E-state index >= 15 is 0 Å². The van der Waals surface area contributed by atoms with Gasteiger partial charge in [0.25, 0.3) is 11.5 Å². The van der Waals surface area contributed by atoms with Crippen LogP contribution in [-0.4, -0.2) is 63.0 Å². The van der Waals surface area contributed by atoms with Gasteiger partial charge < -0.3 is 14.6 Å². The van der Waals surface area contributed by atoms with Gasteiger partial charge in [-0.15, -0.1) is 0 Å². The number of aryl methyl sites for hydroxylation is 1. The molecule has 0 radical (unpaired) electrons. The number of carbonyl (C=O) groups excluding carboxylic acids is 1. The van der Waals surface area contributed by atoms with E-state index in [0.717, 1.165) is 25.2 Å². The van der Waals surface area contributed by atoms with Gasteiger partial charge in [-0.05, 0) is 36.2 Å². The van der Waals surface area contributed by atoms with E-state index in [-0.39, 0.29) is 11.1 Å². The summed E-state index contributed by atoms with van der Waals surface area (Å²) in [6, 6.07) is 7.31. The van der Waals surface area contributed by atoms with Gasteiger partial charge >= 0.3 is 0 Å². The number of carbonyl (C=O) groups is 1. The van der Waals surface area contributed by atoms with E-state index in [9.17, 15) is 9.59 Å². The lowest BCUT2D eigenvalue weighted by atomic mass is 10.1. The predicted octanol–water partition coefficient (Wildman–Crippen LogP) is 1.38. The van der Waals surface area contributed by atoms with Crippen molar-refractivity contribution < 1.29 is 9.53 Å². The zero-order valence-corrected chi connectivity index (χ0v) is 17.5. The highest BCUT2D eigenvalue weighted by atomic mass is 16.5. The highest BCUT2D eigenvalue weighted by Gasteiger charge is 2.18. The van der Waals surface area contributed by atoms with E-state index < -0.39 is 5.91 Å². The molecule has 31 heavy (non-hydrogen) atoms. The van der Waals surface area contributed by atoms with Gasteiger partial charge in [0.05, 0.1) is 26.0 Å². The summed E-state index contributed by atoms with van der Waals surface area (Å²) in [5, 5.41) is 7.13. The lowest BCUT2D eigenvalue weighted by molar-refractivity contribution is 0.0363. The molecule has 1 aliphatic rings.